The first kappa shape index (κ1) is 17.0. The van der Waals surface area contributed by atoms with Crippen LogP contribution >= 0.6 is 0 Å². The van der Waals surface area contributed by atoms with Crippen LogP contribution in [0.1, 0.15) is 38.7 Å². The minimum absolute atomic E-state index is 0.0230. The molecule has 3 rings (SSSR count). The van der Waals surface area contributed by atoms with E-state index in [0.717, 1.165) is 38.9 Å². The minimum atomic E-state index is -0.327. The fourth-order valence-electron chi connectivity index (χ4n) is 3.86. The van der Waals surface area contributed by atoms with Crippen LogP contribution in [0, 0.1) is 5.92 Å². The number of piperidine rings is 1. The van der Waals surface area contributed by atoms with Gasteiger partial charge in [0, 0.05) is 18.4 Å². The van der Waals surface area contributed by atoms with Crippen molar-refractivity contribution in [3.8, 4) is 0 Å². The minimum Gasteiger partial charge on any atom is -0.331 e. The summed E-state index contributed by atoms with van der Waals surface area (Å²) in [6.45, 7) is 7.18. The number of nitrogens with zero attached hydrogens (tertiary/aromatic N) is 1. The Morgan fingerprint density at radius 1 is 1.17 bits per heavy atom. The van der Waals surface area contributed by atoms with Crippen LogP contribution in [0.15, 0.2) is 30.3 Å². The van der Waals surface area contributed by atoms with Crippen LogP contribution < -0.4 is 10.2 Å². The third-order valence-electron chi connectivity index (χ3n) is 5.08. The molecule has 2 aliphatic heterocycles. The molecule has 5 heteroatoms. The van der Waals surface area contributed by atoms with Crippen molar-refractivity contribution in [2.75, 3.05) is 13.1 Å². The van der Waals surface area contributed by atoms with Crippen molar-refractivity contribution in [1.82, 2.24) is 10.2 Å². The molecule has 0 aromatic heterocycles. The van der Waals surface area contributed by atoms with Gasteiger partial charge in [0.15, 0.2) is 0 Å². The summed E-state index contributed by atoms with van der Waals surface area (Å²) in [5, 5.41) is 2.86. The summed E-state index contributed by atoms with van der Waals surface area (Å²) in [6.07, 6.45) is 2.52. The molecule has 24 heavy (non-hydrogen) atoms. The molecule has 1 atom stereocenters. The molecule has 2 fully saturated rings. The van der Waals surface area contributed by atoms with Crippen molar-refractivity contribution in [2.45, 2.75) is 51.7 Å². The van der Waals surface area contributed by atoms with Crippen molar-refractivity contribution in [2.24, 2.45) is 5.92 Å². The first-order valence-corrected chi connectivity index (χ1v) is 9.05. The van der Waals surface area contributed by atoms with Gasteiger partial charge in [0.1, 0.15) is 12.6 Å². The lowest BCUT2D eigenvalue weighted by Crippen LogP contribution is -3.12. The Morgan fingerprint density at radius 3 is 2.46 bits per heavy atom. The second kappa shape index (κ2) is 7.34. The number of likely N-dealkylation sites (tertiary alicyclic amines) is 1. The fraction of sp³-hybridized carbons (Fsp3) is 0.579. The predicted octanol–water partition coefficient (Wildman–Crippen LogP) is 1.20. The molecule has 0 aliphatic carbocycles. The number of carbonyl (C=O) groups excluding carboxylic acids is 2. The number of carbonyl (C=O) groups is 2. The van der Waals surface area contributed by atoms with Crippen LogP contribution in [-0.2, 0) is 11.3 Å². The van der Waals surface area contributed by atoms with Crippen LogP contribution in [0.2, 0.25) is 0 Å². The molecule has 3 amide bonds. The zero-order chi connectivity index (χ0) is 17.1. The van der Waals surface area contributed by atoms with Crippen molar-refractivity contribution in [3.63, 3.8) is 0 Å². The second-order valence-corrected chi connectivity index (χ2v) is 7.48. The molecule has 2 aliphatic rings. The smallest absolute Gasteiger partial charge is 0.325 e. The highest BCUT2D eigenvalue weighted by Gasteiger charge is 2.43. The van der Waals surface area contributed by atoms with E-state index >= 15 is 0 Å². The Balaban J connectivity index is 1.54. The first-order valence-electron chi connectivity index (χ1n) is 9.05. The van der Waals surface area contributed by atoms with Crippen molar-refractivity contribution in [1.29, 1.82) is 0 Å². The van der Waals surface area contributed by atoms with E-state index in [1.807, 2.05) is 6.07 Å². The van der Waals surface area contributed by atoms with Gasteiger partial charge in [-0.05, 0) is 12.3 Å². The first-order chi connectivity index (χ1) is 11.5. The van der Waals surface area contributed by atoms with E-state index in [1.165, 1.54) is 15.4 Å². The average Bonchev–Trinajstić information content (AvgIpc) is 2.83. The number of quaternary nitrogens is 1. The number of rotatable bonds is 5. The number of nitrogens with one attached hydrogen (secondary N) is 2. The maximum atomic E-state index is 12.6. The lowest BCUT2D eigenvalue weighted by Gasteiger charge is -2.33. The summed E-state index contributed by atoms with van der Waals surface area (Å²) in [6, 6.07) is 10.0. The highest BCUT2D eigenvalue weighted by Crippen LogP contribution is 2.20. The number of hydrogen-bond donors (Lipinski definition) is 2. The monoisotopic (exact) mass is 330 g/mol. The standard InChI is InChI=1S/C19H27N3O2/c1-14(2)12-17-18(23)22(19(24)20-17)16-8-10-21(11-9-16)13-15-6-4-3-5-7-15/h3-7,14,16-17H,8-13H2,1-2H3,(H,20,24)/p+1/t17-/m0/s1. The predicted molar refractivity (Wildman–Crippen MR) is 92.5 cm³/mol. The number of amides is 3. The lowest BCUT2D eigenvalue weighted by atomic mass is 10.0. The van der Waals surface area contributed by atoms with E-state index in [0.29, 0.717) is 5.92 Å². The average molecular weight is 330 g/mol. The van der Waals surface area contributed by atoms with E-state index in [1.54, 1.807) is 0 Å². The highest BCUT2D eigenvalue weighted by molar-refractivity contribution is 6.04. The molecule has 0 bridgehead atoms. The largest absolute Gasteiger partial charge is 0.331 e. The normalized spacial score (nSPS) is 27.6. The van der Waals surface area contributed by atoms with Gasteiger partial charge in [-0.3, -0.25) is 9.69 Å². The van der Waals surface area contributed by atoms with Crippen LogP contribution in [0.25, 0.3) is 0 Å². The third-order valence-corrected chi connectivity index (χ3v) is 5.08. The van der Waals surface area contributed by atoms with Gasteiger partial charge in [-0.2, -0.15) is 0 Å². The summed E-state index contributed by atoms with van der Waals surface area (Å²) in [5.41, 5.74) is 1.35. The number of hydrogen-bond acceptors (Lipinski definition) is 2. The quantitative estimate of drug-likeness (QED) is 0.797. The molecule has 2 N–H and O–H groups in total. The molecule has 2 saturated heterocycles. The van der Waals surface area contributed by atoms with Gasteiger partial charge in [0.2, 0.25) is 0 Å². The molecular weight excluding hydrogens is 302 g/mol. The molecule has 130 valence electrons. The highest BCUT2D eigenvalue weighted by atomic mass is 16.2. The molecule has 0 saturated carbocycles. The van der Waals surface area contributed by atoms with E-state index in [2.05, 4.69) is 43.4 Å². The van der Waals surface area contributed by atoms with Crippen LogP contribution in [0.5, 0.6) is 0 Å². The number of urea groups is 1. The van der Waals surface area contributed by atoms with Crippen LogP contribution in [-0.4, -0.2) is 42.0 Å². The van der Waals surface area contributed by atoms with E-state index in [-0.39, 0.29) is 24.0 Å². The van der Waals surface area contributed by atoms with Crippen molar-refractivity contribution >= 4 is 11.9 Å². The molecule has 2 heterocycles. The van der Waals surface area contributed by atoms with Crippen LogP contribution in [0.4, 0.5) is 4.79 Å². The molecular formula is C19H28N3O2+. The molecule has 1 aromatic rings. The van der Waals surface area contributed by atoms with Crippen LogP contribution in [0.3, 0.4) is 0 Å². The van der Waals surface area contributed by atoms with E-state index < -0.39 is 0 Å². The maximum absolute atomic E-state index is 12.6. The maximum Gasteiger partial charge on any atom is 0.325 e. The molecule has 0 radical (unpaired) electrons. The SMILES string of the molecule is CC(C)C[C@@H]1NC(=O)N(C2CC[NH+](Cc3ccccc3)CC2)C1=O. The van der Waals surface area contributed by atoms with Gasteiger partial charge in [-0.25, -0.2) is 4.79 Å². The Morgan fingerprint density at radius 2 is 1.83 bits per heavy atom. The van der Waals surface area contributed by atoms with E-state index in [4.69, 9.17) is 0 Å². The third kappa shape index (κ3) is 3.78. The Kier molecular flexibility index (Phi) is 5.19. The Hall–Kier alpha value is -1.88. The fourth-order valence-corrected chi connectivity index (χ4v) is 3.86. The number of imide groups is 1. The summed E-state index contributed by atoms with van der Waals surface area (Å²) in [7, 11) is 0. The topological polar surface area (TPSA) is 53.9 Å². The summed E-state index contributed by atoms with van der Waals surface area (Å²) < 4.78 is 0. The van der Waals surface area contributed by atoms with Gasteiger partial charge >= 0.3 is 6.03 Å². The summed E-state index contributed by atoms with van der Waals surface area (Å²) in [4.78, 5) is 27.8. The van der Waals surface area contributed by atoms with Gasteiger partial charge in [0.05, 0.1) is 19.1 Å². The van der Waals surface area contributed by atoms with Crippen molar-refractivity contribution in [3.05, 3.63) is 35.9 Å². The summed E-state index contributed by atoms with van der Waals surface area (Å²) >= 11 is 0. The lowest BCUT2D eigenvalue weighted by molar-refractivity contribution is -0.919. The Bertz CT molecular complexity index is 580. The van der Waals surface area contributed by atoms with Crippen molar-refractivity contribution < 1.29 is 14.5 Å². The molecule has 0 spiro atoms. The van der Waals surface area contributed by atoms with E-state index in [9.17, 15) is 9.59 Å². The zero-order valence-electron chi connectivity index (χ0n) is 14.6. The van der Waals surface area contributed by atoms with Gasteiger partial charge in [-0.15, -0.1) is 0 Å². The molecule has 0 unspecified atom stereocenters. The molecule has 5 nitrogen and oxygen atoms in total. The second-order valence-electron chi connectivity index (χ2n) is 7.48. The summed E-state index contributed by atoms with van der Waals surface area (Å²) in [5.74, 6) is 0.376. The number of benzene rings is 1. The zero-order valence-corrected chi connectivity index (χ0v) is 14.6. The molecule has 1 aromatic carbocycles. The van der Waals surface area contributed by atoms with Gasteiger partial charge < -0.3 is 10.2 Å². The van der Waals surface area contributed by atoms with Gasteiger partial charge in [0.25, 0.3) is 5.91 Å². The van der Waals surface area contributed by atoms with Gasteiger partial charge in [-0.1, -0.05) is 44.2 Å². The Labute approximate surface area is 144 Å².